The third-order valence-corrected chi connectivity index (χ3v) is 8.94. The van der Waals surface area contributed by atoms with Crippen molar-refractivity contribution in [3.8, 4) is 11.5 Å². The molecule has 0 spiro atoms. The Hall–Kier alpha value is -3.85. The van der Waals surface area contributed by atoms with Crippen molar-refractivity contribution in [3.63, 3.8) is 0 Å². The molecule has 3 aliphatic rings. The van der Waals surface area contributed by atoms with Crippen molar-refractivity contribution >= 4 is 33.9 Å². The topological polar surface area (TPSA) is 90.6 Å². The van der Waals surface area contributed by atoms with Gasteiger partial charge in [0, 0.05) is 55.1 Å². The Morgan fingerprint density at radius 2 is 1.93 bits per heavy atom. The highest BCUT2D eigenvalue weighted by Gasteiger charge is 2.30. The van der Waals surface area contributed by atoms with E-state index in [2.05, 4.69) is 51.8 Å². The molecule has 9 nitrogen and oxygen atoms in total. The lowest BCUT2D eigenvalue weighted by Crippen LogP contribution is -2.47. The van der Waals surface area contributed by atoms with Gasteiger partial charge in [-0.25, -0.2) is 9.78 Å². The van der Waals surface area contributed by atoms with Crippen LogP contribution >= 0.6 is 0 Å². The number of amides is 2. The minimum Gasteiger partial charge on any atom is -0.444 e. The summed E-state index contributed by atoms with van der Waals surface area (Å²) in [7, 11) is 2.08. The molecule has 43 heavy (non-hydrogen) atoms. The first-order valence-corrected chi connectivity index (χ1v) is 15.5. The van der Waals surface area contributed by atoms with Crippen LogP contribution in [0.25, 0.3) is 33.5 Å². The van der Waals surface area contributed by atoms with Gasteiger partial charge in [0.25, 0.3) is 5.91 Å². The Bertz CT molecular complexity index is 1740. The molecule has 2 fully saturated rings. The van der Waals surface area contributed by atoms with Gasteiger partial charge in [0.2, 0.25) is 0 Å². The standard InChI is InChI=1S/C34H41N5O4/c1-20(35-33(41)43-34(2,3)4)16-38-11-10-23-13-29-27(15-26(23)32(38)40)36-31(37(29)5)30-14-24-9-8-22(25-18-42-19-25)12-28(24)39(30)17-21-6-7-21/h8-9,12-15,20-21,25H,6-7,10-11,16-19H2,1-5H3,(H,35,41)/t20-/m1/s1. The third-order valence-electron chi connectivity index (χ3n) is 8.94. The van der Waals surface area contributed by atoms with Crippen molar-refractivity contribution in [2.24, 2.45) is 13.0 Å². The SMILES string of the molecule is C[C@H](CN1CCc2cc3c(cc2C1=O)nc(-c1cc2ccc(C4COC4)cc2n1CC1CC1)n3C)NC(=O)OC(C)(C)C. The summed E-state index contributed by atoms with van der Waals surface area (Å²) in [4.78, 5) is 32.8. The summed E-state index contributed by atoms with van der Waals surface area (Å²) in [6, 6.07) is 13.0. The molecule has 1 saturated heterocycles. The van der Waals surface area contributed by atoms with Gasteiger partial charge in [-0.1, -0.05) is 12.1 Å². The molecule has 9 heteroatoms. The lowest BCUT2D eigenvalue weighted by atomic mass is 9.97. The van der Waals surface area contributed by atoms with Crippen molar-refractivity contribution in [3.05, 3.63) is 53.1 Å². The maximum atomic E-state index is 13.6. The van der Waals surface area contributed by atoms with E-state index in [0.717, 1.165) is 54.3 Å². The molecule has 4 aromatic rings. The van der Waals surface area contributed by atoms with Crippen LogP contribution in [0.5, 0.6) is 0 Å². The molecule has 2 aromatic carbocycles. The lowest BCUT2D eigenvalue weighted by molar-refractivity contribution is 0.00846. The van der Waals surface area contributed by atoms with Gasteiger partial charge in [-0.05, 0) is 88.3 Å². The van der Waals surface area contributed by atoms with Crippen LogP contribution in [0.4, 0.5) is 4.79 Å². The number of aryl methyl sites for hydroxylation is 1. The van der Waals surface area contributed by atoms with E-state index in [-0.39, 0.29) is 11.9 Å². The van der Waals surface area contributed by atoms with E-state index < -0.39 is 11.7 Å². The van der Waals surface area contributed by atoms with Crippen LogP contribution < -0.4 is 5.32 Å². The number of ether oxygens (including phenoxy) is 2. The monoisotopic (exact) mass is 583 g/mol. The number of rotatable bonds is 7. The molecule has 0 unspecified atom stereocenters. The van der Waals surface area contributed by atoms with Gasteiger partial charge < -0.3 is 28.8 Å². The van der Waals surface area contributed by atoms with Crippen molar-refractivity contribution in [1.82, 2.24) is 24.3 Å². The van der Waals surface area contributed by atoms with Crippen molar-refractivity contribution in [2.45, 2.75) is 71.1 Å². The maximum Gasteiger partial charge on any atom is 0.407 e. The van der Waals surface area contributed by atoms with Crippen LogP contribution in [-0.2, 0) is 29.5 Å². The molecule has 1 atom stereocenters. The number of fused-ring (bicyclic) bond motifs is 3. The van der Waals surface area contributed by atoms with Gasteiger partial charge in [0.05, 0.1) is 29.9 Å². The van der Waals surface area contributed by atoms with Crippen molar-refractivity contribution < 1.29 is 19.1 Å². The average Bonchev–Trinajstić information content (AvgIpc) is 3.58. The Morgan fingerprint density at radius 3 is 2.63 bits per heavy atom. The molecular weight excluding hydrogens is 542 g/mol. The number of alkyl carbamates (subject to hydrolysis) is 1. The molecule has 2 aromatic heterocycles. The fourth-order valence-corrected chi connectivity index (χ4v) is 6.40. The summed E-state index contributed by atoms with van der Waals surface area (Å²) in [6.07, 6.45) is 2.83. The number of carbonyl (C=O) groups excluding carboxylic acids is 2. The summed E-state index contributed by atoms with van der Waals surface area (Å²) in [5, 5.41) is 4.09. The Morgan fingerprint density at radius 1 is 1.14 bits per heavy atom. The van der Waals surface area contributed by atoms with E-state index in [4.69, 9.17) is 14.5 Å². The largest absolute Gasteiger partial charge is 0.444 e. The van der Waals surface area contributed by atoms with Gasteiger partial charge in [-0.2, -0.15) is 0 Å². The van der Waals surface area contributed by atoms with Crippen LogP contribution in [0.1, 0.15) is 67.9 Å². The number of hydrogen-bond acceptors (Lipinski definition) is 5. The lowest BCUT2D eigenvalue weighted by Gasteiger charge is -2.31. The van der Waals surface area contributed by atoms with E-state index in [0.29, 0.717) is 30.5 Å². The highest BCUT2D eigenvalue weighted by molar-refractivity contribution is 6.00. The first-order chi connectivity index (χ1) is 20.5. The molecule has 0 radical (unpaired) electrons. The van der Waals surface area contributed by atoms with Crippen molar-refractivity contribution in [1.29, 1.82) is 0 Å². The molecule has 0 bridgehead atoms. The number of hydrogen-bond donors (Lipinski definition) is 1. The van der Waals surface area contributed by atoms with Crippen LogP contribution in [0, 0.1) is 5.92 Å². The quantitative estimate of drug-likeness (QED) is 0.305. The number of benzene rings is 2. The zero-order valence-electron chi connectivity index (χ0n) is 25.8. The van der Waals surface area contributed by atoms with Gasteiger partial charge in [0.1, 0.15) is 5.60 Å². The second-order valence-electron chi connectivity index (χ2n) is 13.7. The Balaban J connectivity index is 1.19. The first-order valence-electron chi connectivity index (χ1n) is 15.5. The highest BCUT2D eigenvalue weighted by atomic mass is 16.6. The predicted molar refractivity (Wildman–Crippen MR) is 166 cm³/mol. The molecule has 2 amide bonds. The van der Waals surface area contributed by atoms with E-state index in [9.17, 15) is 9.59 Å². The summed E-state index contributed by atoms with van der Waals surface area (Å²) in [6.45, 7) is 11.0. The fraction of sp³-hybridized carbons (Fsp3) is 0.500. The van der Waals surface area contributed by atoms with Gasteiger partial charge in [-0.15, -0.1) is 0 Å². The smallest absolute Gasteiger partial charge is 0.407 e. The Labute approximate surface area is 252 Å². The minimum absolute atomic E-state index is 0.0245. The average molecular weight is 584 g/mol. The summed E-state index contributed by atoms with van der Waals surface area (Å²) < 4.78 is 15.5. The molecule has 1 N–H and O–H groups in total. The number of nitrogens with one attached hydrogen (secondary N) is 1. The van der Waals surface area contributed by atoms with Crippen LogP contribution in [0.3, 0.4) is 0 Å². The van der Waals surface area contributed by atoms with E-state index in [1.165, 1.54) is 29.3 Å². The molecular formula is C34H41N5O4. The minimum atomic E-state index is -0.572. The van der Waals surface area contributed by atoms with E-state index in [1.54, 1.807) is 0 Å². The zero-order chi connectivity index (χ0) is 30.0. The molecule has 1 aliphatic carbocycles. The second-order valence-corrected chi connectivity index (χ2v) is 13.7. The predicted octanol–water partition coefficient (Wildman–Crippen LogP) is 5.63. The first kappa shape index (κ1) is 28.0. The van der Waals surface area contributed by atoms with Gasteiger partial charge in [-0.3, -0.25) is 4.79 Å². The highest BCUT2D eigenvalue weighted by Crippen LogP contribution is 2.38. The summed E-state index contributed by atoms with van der Waals surface area (Å²) in [5.74, 6) is 2.08. The summed E-state index contributed by atoms with van der Waals surface area (Å²) >= 11 is 0. The molecule has 4 heterocycles. The fourth-order valence-electron chi connectivity index (χ4n) is 6.40. The van der Waals surface area contributed by atoms with Crippen LogP contribution in [0.15, 0.2) is 36.4 Å². The number of carbonyl (C=O) groups is 2. The molecule has 7 rings (SSSR count). The Kier molecular flexibility index (Phi) is 6.76. The van der Waals surface area contributed by atoms with Crippen LogP contribution in [-0.4, -0.2) is 69.0 Å². The molecule has 1 saturated carbocycles. The normalized spacial score (nSPS) is 18.2. The number of nitrogens with zero attached hydrogens (tertiary/aromatic N) is 4. The number of imidazole rings is 1. The van der Waals surface area contributed by atoms with Crippen molar-refractivity contribution in [2.75, 3.05) is 26.3 Å². The molecule has 2 aliphatic heterocycles. The third kappa shape index (κ3) is 5.39. The zero-order valence-corrected chi connectivity index (χ0v) is 25.8. The van der Waals surface area contributed by atoms with Gasteiger partial charge in [0.15, 0.2) is 5.82 Å². The van der Waals surface area contributed by atoms with Crippen LogP contribution in [0.2, 0.25) is 0 Å². The van der Waals surface area contributed by atoms with Gasteiger partial charge >= 0.3 is 6.09 Å². The van der Waals surface area contributed by atoms with E-state index >= 15 is 0 Å². The second kappa shape index (κ2) is 10.4. The maximum absolute atomic E-state index is 13.6. The van der Waals surface area contributed by atoms with E-state index in [1.807, 2.05) is 38.7 Å². The molecule has 226 valence electrons. The number of aromatic nitrogens is 3. The summed E-state index contributed by atoms with van der Waals surface area (Å²) in [5.41, 5.74) is 6.75.